The zero-order chi connectivity index (χ0) is 14.0. The Hall–Kier alpha value is -1.83. The maximum absolute atomic E-state index is 5.72. The lowest BCUT2D eigenvalue weighted by Crippen LogP contribution is -1.97. The van der Waals surface area contributed by atoms with Crippen LogP contribution in [-0.2, 0) is 13.0 Å². The van der Waals surface area contributed by atoms with Crippen molar-refractivity contribution < 1.29 is 4.74 Å². The highest BCUT2D eigenvalue weighted by molar-refractivity contribution is 5.27. The van der Waals surface area contributed by atoms with Crippen molar-refractivity contribution in [2.45, 2.75) is 38.7 Å². The number of nitrogens with zero attached hydrogens (tertiary/aromatic N) is 1. The summed E-state index contributed by atoms with van der Waals surface area (Å²) in [6.07, 6.45) is 7.70. The maximum atomic E-state index is 5.72. The summed E-state index contributed by atoms with van der Waals surface area (Å²) in [5, 5.41) is 0. The van der Waals surface area contributed by atoms with Gasteiger partial charge in [0, 0.05) is 6.20 Å². The lowest BCUT2D eigenvalue weighted by atomic mass is 10.1. The van der Waals surface area contributed by atoms with Gasteiger partial charge in [-0.25, -0.2) is 0 Å². The molecule has 0 aliphatic carbocycles. The molecule has 1 radical (unpaired) electrons. The van der Waals surface area contributed by atoms with E-state index in [1.807, 2.05) is 30.3 Å². The van der Waals surface area contributed by atoms with E-state index in [2.05, 4.69) is 24.0 Å². The molecule has 0 aliphatic heterocycles. The summed E-state index contributed by atoms with van der Waals surface area (Å²) < 4.78 is 5.72. The lowest BCUT2D eigenvalue weighted by molar-refractivity contribution is 0.301. The zero-order valence-electron chi connectivity index (χ0n) is 11.9. The van der Waals surface area contributed by atoms with Gasteiger partial charge in [-0.1, -0.05) is 44.4 Å². The van der Waals surface area contributed by atoms with E-state index >= 15 is 0 Å². The lowest BCUT2D eigenvalue weighted by Gasteiger charge is -2.07. The molecule has 105 valence electrons. The van der Waals surface area contributed by atoms with E-state index in [1.165, 1.54) is 24.8 Å². The van der Waals surface area contributed by atoms with Gasteiger partial charge < -0.3 is 4.74 Å². The molecule has 2 heteroatoms. The van der Waals surface area contributed by atoms with E-state index in [1.54, 1.807) is 6.20 Å². The van der Waals surface area contributed by atoms with Gasteiger partial charge in [-0.2, -0.15) is 0 Å². The summed E-state index contributed by atoms with van der Waals surface area (Å²) in [6.45, 7) is 4.38. The predicted octanol–water partition coefficient (Wildman–Crippen LogP) is 4.60. The Morgan fingerprint density at radius 1 is 0.950 bits per heavy atom. The molecule has 1 aromatic carbocycles. The van der Waals surface area contributed by atoms with E-state index in [9.17, 15) is 0 Å². The third-order valence-corrected chi connectivity index (χ3v) is 3.25. The Morgan fingerprint density at radius 3 is 2.50 bits per heavy atom. The number of unbranched alkanes of at least 4 members (excludes halogenated alkanes) is 3. The second kappa shape index (κ2) is 8.36. The van der Waals surface area contributed by atoms with Crippen molar-refractivity contribution in [1.82, 2.24) is 4.98 Å². The molecule has 0 unspecified atom stereocenters. The Morgan fingerprint density at radius 2 is 1.80 bits per heavy atom. The average molecular weight is 268 g/mol. The van der Waals surface area contributed by atoms with Gasteiger partial charge in [-0.3, -0.25) is 4.98 Å². The van der Waals surface area contributed by atoms with Gasteiger partial charge in [-0.15, -0.1) is 0 Å². The topological polar surface area (TPSA) is 22.1 Å². The molecule has 0 aliphatic rings. The summed E-state index contributed by atoms with van der Waals surface area (Å²) >= 11 is 0. The van der Waals surface area contributed by atoms with Crippen molar-refractivity contribution in [1.29, 1.82) is 0 Å². The molecule has 20 heavy (non-hydrogen) atoms. The quantitative estimate of drug-likeness (QED) is 0.653. The molecule has 0 spiro atoms. The minimum atomic E-state index is 0.518. The van der Waals surface area contributed by atoms with E-state index in [4.69, 9.17) is 4.74 Å². The average Bonchev–Trinajstić information content (AvgIpc) is 2.52. The fraction of sp³-hybridized carbons (Fsp3) is 0.333. The molecule has 0 fully saturated rings. The third-order valence-electron chi connectivity index (χ3n) is 3.25. The summed E-state index contributed by atoms with van der Waals surface area (Å²) in [7, 11) is 0. The molecule has 1 aromatic heterocycles. The third kappa shape index (κ3) is 5.04. The van der Waals surface area contributed by atoms with Crippen LogP contribution in [0.25, 0.3) is 0 Å². The van der Waals surface area contributed by atoms with Gasteiger partial charge in [-0.05, 0) is 42.7 Å². The molecular formula is C18H22NO. The second-order valence-electron chi connectivity index (χ2n) is 4.92. The summed E-state index contributed by atoms with van der Waals surface area (Å²) in [5.74, 6) is 0.900. The van der Waals surface area contributed by atoms with Crippen molar-refractivity contribution in [2.75, 3.05) is 0 Å². The van der Waals surface area contributed by atoms with Gasteiger partial charge >= 0.3 is 0 Å². The number of rotatable bonds is 8. The summed E-state index contributed by atoms with van der Waals surface area (Å²) in [5.41, 5.74) is 2.32. The summed E-state index contributed by atoms with van der Waals surface area (Å²) in [4.78, 5) is 4.24. The first-order chi connectivity index (χ1) is 9.88. The van der Waals surface area contributed by atoms with E-state index in [0.717, 1.165) is 24.3 Å². The van der Waals surface area contributed by atoms with Gasteiger partial charge in [0.05, 0.1) is 5.69 Å². The number of pyridine rings is 1. The summed E-state index contributed by atoms with van der Waals surface area (Å²) in [6, 6.07) is 14.2. The second-order valence-corrected chi connectivity index (χ2v) is 4.92. The van der Waals surface area contributed by atoms with Gasteiger partial charge in [0.15, 0.2) is 0 Å². The van der Waals surface area contributed by atoms with E-state index in [-0.39, 0.29) is 0 Å². The van der Waals surface area contributed by atoms with Crippen molar-refractivity contribution in [3.63, 3.8) is 0 Å². The Labute approximate surface area is 121 Å². The number of ether oxygens (including phenoxy) is 1. The van der Waals surface area contributed by atoms with Crippen LogP contribution < -0.4 is 4.74 Å². The molecule has 2 rings (SSSR count). The zero-order valence-corrected chi connectivity index (χ0v) is 11.9. The number of aryl methyl sites for hydroxylation is 1. The van der Waals surface area contributed by atoms with Gasteiger partial charge in [0.1, 0.15) is 12.4 Å². The standard InChI is InChI=1S/C18H22NO/c1-2-3-4-5-8-16-10-12-18(13-11-16)20-15-17-9-6-7-14-19-17/h6-7,9-14H,1-5,8,15H2. The Kier molecular flexibility index (Phi) is 6.09. The molecule has 2 nitrogen and oxygen atoms in total. The molecule has 0 atom stereocenters. The van der Waals surface area contributed by atoms with Crippen molar-refractivity contribution in [3.8, 4) is 5.75 Å². The van der Waals surface area contributed by atoms with Crippen LogP contribution >= 0.6 is 0 Å². The highest BCUT2D eigenvalue weighted by Gasteiger charge is 1.98. The molecule has 0 amide bonds. The Balaban J connectivity index is 1.76. The molecule has 2 aromatic rings. The van der Waals surface area contributed by atoms with Crippen LogP contribution in [0.2, 0.25) is 0 Å². The van der Waals surface area contributed by atoms with E-state index < -0.39 is 0 Å². The maximum Gasteiger partial charge on any atom is 0.130 e. The van der Waals surface area contributed by atoms with Crippen LogP contribution in [0.5, 0.6) is 5.75 Å². The van der Waals surface area contributed by atoms with Crippen LogP contribution in [0.3, 0.4) is 0 Å². The molecule has 0 saturated heterocycles. The minimum absolute atomic E-state index is 0.518. The smallest absolute Gasteiger partial charge is 0.130 e. The highest BCUT2D eigenvalue weighted by Crippen LogP contribution is 2.15. The molecule has 0 bridgehead atoms. The molecule has 0 saturated carbocycles. The number of aromatic nitrogens is 1. The van der Waals surface area contributed by atoms with Crippen molar-refractivity contribution in [2.24, 2.45) is 0 Å². The minimum Gasteiger partial charge on any atom is -0.487 e. The van der Waals surface area contributed by atoms with Crippen LogP contribution in [-0.4, -0.2) is 4.98 Å². The van der Waals surface area contributed by atoms with Gasteiger partial charge in [0.2, 0.25) is 0 Å². The monoisotopic (exact) mass is 268 g/mol. The fourth-order valence-electron chi connectivity index (χ4n) is 2.08. The van der Waals surface area contributed by atoms with Crippen LogP contribution in [0, 0.1) is 6.92 Å². The largest absolute Gasteiger partial charge is 0.487 e. The first kappa shape index (κ1) is 14.6. The normalized spacial score (nSPS) is 10.4. The fourth-order valence-corrected chi connectivity index (χ4v) is 2.08. The molecular weight excluding hydrogens is 246 g/mol. The van der Waals surface area contributed by atoms with Crippen LogP contribution in [0.4, 0.5) is 0 Å². The number of benzene rings is 1. The number of hydrogen-bond acceptors (Lipinski definition) is 2. The first-order valence-electron chi connectivity index (χ1n) is 7.29. The Bertz CT molecular complexity index is 479. The van der Waals surface area contributed by atoms with Crippen molar-refractivity contribution >= 4 is 0 Å². The SMILES string of the molecule is [CH2]CCCCCc1ccc(OCc2ccccn2)cc1. The van der Waals surface area contributed by atoms with Crippen LogP contribution in [0.15, 0.2) is 48.7 Å². The highest BCUT2D eigenvalue weighted by atomic mass is 16.5. The predicted molar refractivity (Wildman–Crippen MR) is 82.5 cm³/mol. The van der Waals surface area contributed by atoms with E-state index in [0.29, 0.717) is 6.61 Å². The first-order valence-corrected chi connectivity index (χ1v) is 7.29. The van der Waals surface area contributed by atoms with Crippen LogP contribution in [0.1, 0.15) is 36.9 Å². The molecule has 1 heterocycles. The molecule has 0 N–H and O–H groups in total. The van der Waals surface area contributed by atoms with Gasteiger partial charge in [0.25, 0.3) is 0 Å². The number of hydrogen-bond donors (Lipinski definition) is 0. The van der Waals surface area contributed by atoms with Crippen molar-refractivity contribution in [3.05, 3.63) is 66.8 Å².